The van der Waals surface area contributed by atoms with Crippen molar-refractivity contribution in [2.45, 2.75) is 32.8 Å². The molecule has 0 amide bonds. The molecule has 2 aliphatic heterocycles. The normalized spacial score (nSPS) is 20.1. The predicted molar refractivity (Wildman–Crippen MR) is 110 cm³/mol. The molecule has 1 aromatic carbocycles. The lowest BCUT2D eigenvalue weighted by atomic mass is 10.1. The summed E-state index contributed by atoms with van der Waals surface area (Å²) in [7, 11) is 0. The van der Waals surface area contributed by atoms with Crippen LogP contribution in [-0.4, -0.2) is 55.4 Å². The van der Waals surface area contributed by atoms with Gasteiger partial charge >= 0.3 is 0 Å². The smallest absolute Gasteiger partial charge is 0.227 e. The van der Waals surface area contributed by atoms with Crippen LogP contribution in [-0.2, 0) is 4.74 Å². The average Bonchev–Trinajstić information content (AvgIpc) is 3.23. The summed E-state index contributed by atoms with van der Waals surface area (Å²) in [5, 5.41) is 3.40. The molecule has 0 bridgehead atoms. The summed E-state index contributed by atoms with van der Waals surface area (Å²) in [6, 6.07) is 8.49. The second-order valence-electron chi connectivity index (χ2n) is 7.45. The van der Waals surface area contributed by atoms with Crippen LogP contribution in [0.15, 0.2) is 30.5 Å². The number of hydrogen-bond acceptors (Lipinski definition) is 6. The van der Waals surface area contributed by atoms with E-state index in [1.54, 1.807) is 0 Å². The van der Waals surface area contributed by atoms with Crippen molar-refractivity contribution in [1.82, 2.24) is 9.97 Å². The minimum absolute atomic E-state index is 0.310. The van der Waals surface area contributed by atoms with Gasteiger partial charge in [0.15, 0.2) is 0 Å². The van der Waals surface area contributed by atoms with Gasteiger partial charge in [-0.25, -0.2) is 4.98 Å². The van der Waals surface area contributed by atoms with E-state index in [1.165, 1.54) is 16.8 Å². The zero-order valence-electron chi connectivity index (χ0n) is 16.3. The Morgan fingerprint density at radius 3 is 2.70 bits per heavy atom. The molecule has 0 radical (unpaired) electrons. The van der Waals surface area contributed by atoms with E-state index in [0.717, 1.165) is 63.9 Å². The van der Waals surface area contributed by atoms with Crippen LogP contribution in [0.3, 0.4) is 0 Å². The number of piperazine rings is 1. The second kappa shape index (κ2) is 8.13. The summed E-state index contributed by atoms with van der Waals surface area (Å²) in [5.74, 6) is 1.69. The van der Waals surface area contributed by atoms with Crippen molar-refractivity contribution >= 4 is 17.5 Å². The number of aromatic nitrogens is 2. The van der Waals surface area contributed by atoms with Gasteiger partial charge < -0.3 is 19.9 Å². The van der Waals surface area contributed by atoms with Crippen molar-refractivity contribution < 1.29 is 4.74 Å². The predicted octanol–water partition coefficient (Wildman–Crippen LogP) is 3.01. The van der Waals surface area contributed by atoms with Crippen molar-refractivity contribution in [3.63, 3.8) is 0 Å². The minimum Gasteiger partial charge on any atom is -0.376 e. The second-order valence-corrected chi connectivity index (χ2v) is 7.45. The first-order valence-corrected chi connectivity index (χ1v) is 9.95. The van der Waals surface area contributed by atoms with Crippen LogP contribution in [0.5, 0.6) is 0 Å². The Bertz CT molecular complexity index is 767. The third-order valence-electron chi connectivity index (χ3n) is 5.66. The van der Waals surface area contributed by atoms with E-state index >= 15 is 0 Å². The van der Waals surface area contributed by atoms with Crippen LogP contribution in [0.25, 0.3) is 0 Å². The van der Waals surface area contributed by atoms with Crippen molar-refractivity contribution in [3.05, 3.63) is 41.6 Å². The van der Waals surface area contributed by atoms with Crippen LogP contribution in [0, 0.1) is 13.8 Å². The van der Waals surface area contributed by atoms with Gasteiger partial charge in [-0.15, -0.1) is 0 Å². The van der Waals surface area contributed by atoms with E-state index in [1.807, 2.05) is 12.3 Å². The highest BCUT2D eigenvalue weighted by molar-refractivity contribution is 5.57. The Morgan fingerprint density at radius 1 is 1.11 bits per heavy atom. The number of benzene rings is 1. The summed E-state index contributed by atoms with van der Waals surface area (Å²) in [5.41, 5.74) is 4.08. The van der Waals surface area contributed by atoms with Gasteiger partial charge in [0.05, 0.1) is 6.10 Å². The molecule has 1 atom stereocenters. The molecule has 0 saturated carbocycles. The molecule has 6 nitrogen and oxygen atoms in total. The molecule has 2 aliphatic rings. The quantitative estimate of drug-likeness (QED) is 0.877. The fourth-order valence-electron chi connectivity index (χ4n) is 3.85. The van der Waals surface area contributed by atoms with Gasteiger partial charge in [0.1, 0.15) is 5.82 Å². The SMILES string of the molecule is Cc1cccc(N2CCN(c3nccc(NCC4CCCO4)n3)CC2)c1C. The van der Waals surface area contributed by atoms with Gasteiger partial charge in [0, 0.05) is 51.2 Å². The standard InChI is InChI=1S/C21H29N5O/c1-16-5-3-7-19(17(16)2)25-10-12-26(13-11-25)21-22-9-8-20(24-21)23-15-18-6-4-14-27-18/h3,5,7-9,18H,4,6,10-15H2,1-2H3,(H,22,23,24). The number of nitrogens with one attached hydrogen (secondary N) is 1. The van der Waals surface area contributed by atoms with Crippen LogP contribution < -0.4 is 15.1 Å². The fraction of sp³-hybridized carbons (Fsp3) is 0.524. The number of hydrogen-bond donors (Lipinski definition) is 1. The molecule has 4 rings (SSSR count). The maximum absolute atomic E-state index is 5.67. The average molecular weight is 367 g/mol. The molecule has 1 aromatic heterocycles. The summed E-state index contributed by atoms with van der Waals surface area (Å²) in [6.45, 7) is 9.93. The van der Waals surface area contributed by atoms with Gasteiger partial charge in [0.2, 0.25) is 5.95 Å². The number of anilines is 3. The van der Waals surface area contributed by atoms with Crippen molar-refractivity contribution in [1.29, 1.82) is 0 Å². The lowest BCUT2D eigenvalue weighted by Crippen LogP contribution is -2.47. The first-order chi connectivity index (χ1) is 13.2. The van der Waals surface area contributed by atoms with Gasteiger partial charge in [0.25, 0.3) is 0 Å². The molecule has 3 heterocycles. The molecule has 144 valence electrons. The minimum atomic E-state index is 0.310. The lowest BCUT2D eigenvalue weighted by Gasteiger charge is -2.37. The van der Waals surface area contributed by atoms with Crippen molar-refractivity contribution in [3.8, 4) is 0 Å². The highest BCUT2D eigenvalue weighted by Crippen LogP contribution is 2.25. The Labute approximate surface area is 161 Å². The summed E-state index contributed by atoms with van der Waals surface area (Å²) >= 11 is 0. The third-order valence-corrected chi connectivity index (χ3v) is 5.66. The zero-order valence-corrected chi connectivity index (χ0v) is 16.3. The Morgan fingerprint density at radius 2 is 1.93 bits per heavy atom. The molecule has 0 aliphatic carbocycles. The molecule has 2 aromatic rings. The number of nitrogens with zero attached hydrogens (tertiary/aromatic N) is 4. The highest BCUT2D eigenvalue weighted by atomic mass is 16.5. The van der Waals surface area contributed by atoms with E-state index in [0.29, 0.717) is 6.10 Å². The Hall–Kier alpha value is -2.34. The first kappa shape index (κ1) is 18.0. The molecule has 2 saturated heterocycles. The van der Waals surface area contributed by atoms with Gasteiger partial charge in [-0.2, -0.15) is 4.98 Å². The highest BCUT2D eigenvalue weighted by Gasteiger charge is 2.21. The van der Waals surface area contributed by atoms with E-state index in [-0.39, 0.29) is 0 Å². The van der Waals surface area contributed by atoms with E-state index in [4.69, 9.17) is 9.72 Å². The van der Waals surface area contributed by atoms with Crippen LogP contribution in [0.2, 0.25) is 0 Å². The van der Waals surface area contributed by atoms with Crippen molar-refractivity contribution in [2.75, 3.05) is 54.4 Å². The third kappa shape index (κ3) is 4.16. The van der Waals surface area contributed by atoms with Crippen LogP contribution in [0.1, 0.15) is 24.0 Å². The number of ether oxygens (including phenoxy) is 1. The van der Waals surface area contributed by atoms with E-state index in [2.05, 4.69) is 52.1 Å². The molecule has 1 N–H and O–H groups in total. The van der Waals surface area contributed by atoms with E-state index < -0.39 is 0 Å². The fourth-order valence-corrected chi connectivity index (χ4v) is 3.85. The summed E-state index contributed by atoms with van der Waals surface area (Å²) < 4.78 is 5.67. The molecule has 0 spiro atoms. The molecule has 1 unspecified atom stereocenters. The largest absolute Gasteiger partial charge is 0.376 e. The summed E-state index contributed by atoms with van der Waals surface area (Å²) in [6.07, 6.45) is 4.44. The molecule has 6 heteroatoms. The maximum atomic E-state index is 5.67. The van der Waals surface area contributed by atoms with Gasteiger partial charge in [-0.05, 0) is 49.9 Å². The molecule has 2 fully saturated rings. The topological polar surface area (TPSA) is 53.5 Å². The first-order valence-electron chi connectivity index (χ1n) is 9.95. The Kier molecular flexibility index (Phi) is 5.43. The summed E-state index contributed by atoms with van der Waals surface area (Å²) in [4.78, 5) is 14.0. The van der Waals surface area contributed by atoms with Gasteiger partial charge in [-0.1, -0.05) is 12.1 Å². The Balaban J connectivity index is 1.36. The molecular weight excluding hydrogens is 338 g/mol. The number of rotatable bonds is 5. The van der Waals surface area contributed by atoms with E-state index in [9.17, 15) is 0 Å². The molecular formula is C21H29N5O. The lowest BCUT2D eigenvalue weighted by molar-refractivity contribution is 0.120. The van der Waals surface area contributed by atoms with Crippen LogP contribution >= 0.6 is 0 Å². The molecule has 27 heavy (non-hydrogen) atoms. The monoisotopic (exact) mass is 367 g/mol. The van der Waals surface area contributed by atoms with Crippen molar-refractivity contribution in [2.24, 2.45) is 0 Å². The zero-order chi connectivity index (χ0) is 18.6. The van der Waals surface area contributed by atoms with Crippen LogP contribution in [0.4, 0.5) is 17.5 Å². The maximum Gasteiger partial charge on any atom is 0.227 e. The van der Waals surface area contributed by atoms with Gasteiger partial charge in [-0.3, -0.25) is 0 Å². The number of aryl methyl sites for hydroxylation is 1.